The summed E-state index contributed by atoms with van der Waals surface area (Å²) in [4.78, 5) is 31.1. The average molecular weight is 346 g/mol. The number of rotatable bonds is 1. The van der Waals surface area contributed by atoms with Crippen molar-refractivity contribution >= 4 is 28.9 Å². The fraction of sp³-hybridized carbons (Fsp3) is 0.200. The van der Waals surface area contributed by atoms with E-state index in [2.05, 4.69) is 10.3 Å². The number of carbonyl (C=O) groups excluding carboxylic acids is 2. The Morgan fingerprint density at radius 2 is 2.04 bits per heavy atom. The van der Waals surface area contributed by atoms with Gasteiger partial charge in [0.25, 0.3) is 0 Å². The third kappa shape index (κ3) is 2.50. The second-order valence-electron chi connectivity index (χ2n) is 6.62. The van der Waals surface area contributed by atoms with Crippen LogP contribution in [0.3, 0.4) is 0 Å². The van der Waals surface area contributed by atoms with Crippen molar-refractivity contribution in [1.29, 1.82) is 5.41 Å². The second-order valence-corrected chi connectivity index (χ2v) is 6.62. The van der Waals surface area contributed by atoms with Gasteiger partial charge in [-0.2, -0.15) is 0 Å². The number of nitrogens with one attached hydrogen (secondary N) is 2. The number of amidine groups is 1. The number of anilines is 1. The molecule has 1 aromatic rings. The molecule has 4 rings (SSSR count). The molecule has 0 spiro atoms. The van der Waals surface area contributed by atoms with Gasteiger partial charge in [-0.3, -0.25) is 15.0 Å². The number of ketones is 1. The molecule has 0 aromatic heterocycles. The first-order chi connectivity index (χ1) is 12.5. The maximum Gasteiger partial charge on any atom is 0.238 e. The van der Waals surface area contributed by atoms with E-state index in [1.165, 1.54) is 0 Å². The molecular weight excluding hydrogens is 328 g/mol. The van der Waals surface area contributed by atoms with E-state index in [1.54, 1.807) is 29.2 Å². The Morgan fingerprint density at radius 3 is 2.85 bits per heavy atom. The summed E-state index contributed by atoms with van der Waals surface area (Å²) >= 11 is 0. The van der Waals surface area contributed by atoms with Gasteiger partial charge < -0.3 is 10.2 Å². The fourth-order valence-corrected chi connectivity index (χ4v) is 3.36. The minimum absolute atomic E-state index is 0.0668. The number of amides is 1. The van der Waals surface area contributed by atoms with Gasteiger partial charge in [0, 0.05) is 5.69 Å². The Hall–Kier alpha value is -3.28. The summed E-state index contributed by atoms with van der Waals surface area (Å²) in [5.41, 5.74) is 3.61. The summed E-state index contributed by atoms with van der Waals surface area (Å²) < 4.78 is 0. The van der Waals surface area contributed by atoms with Crippen LogP contribution < -0.4 is 10.2 Å². The van der Waals surface area contributed by atoms with Crippen molar-refractivity contribution in [3.8, 4) is 0 Å². The van der Waals surface area contributed by atoms with E-state index >= 15 is 0 Å². The molecule has 0 radical (unpaired) electrons. The third-order valence-electron chi connectivity index (χ3n) is 4.74. The molecule has 1 fully saturated rings. The molecule has 1 amide bonds. The first-order valence-corrected chi connectivity index (χ1v) is 8.41. The molecule has 130 valence electrons. The SMILES string of the molecule is Cc1ccc(C)c(N2CC(=O)/C(=C3\N=C4C=CC=CC4C(=O)N3)C2=N)c1. The Morgan fingerprint density at radius 1 is 1.23 bits per heavy atom. The number of benzene rings is 1. The number of aryl methyl sites for hydroxylation is 2. The van der Waals surface area contributed by atoms with Crippen LogP contribution in [-0.2, 0) is 9.59 Å². The summed E-state index contributed by atoms with van der Waals surface area (Å²) in [6, 6.07) is 5.93. The van der Waals surface area contributed by atoms with Crippen LogP contribution in [0.15, 0.2) is 58.9 Å². The van der Waals surface area contributed by atoms with Crippen LogP contribution in [0, 0.1) is 25.2 Å². The van der Waals surface area contributed by atoms with Gasteiger partial charge >= 0.3 is 0 Å². The van der Waals surface area contributed by atoms with E-state index in [1.807, 2.05) is 32.0 Å². The standard InChI is InChI=1S/C20H18N4O2/c1-11-7-8-12(2)15(9-11)24-10-16(25)17(18(24)21)19-22-14-6-4-3-5-13(14)20(26)23-19/h3-9,13,21H,10H2,1-2H3,(H,23,26)/b19-17-,21-18?. The Balaban J connectivity index is 1.77. The summed E-state index contributed by atoms with van der Waals surface area (Å²) in [6.45, 7) is 3.99. The number of allylic oxidation sites excluding steroid dienone is 3. The van der Waals surface area contributed by atoms with E-state index in [0.717, 1.165) is 16.8 Å². The van der Waals surface area contributed by atoms with Crippen LogP contribution in [0.5, 0.6) is 0 Å². The Kier molecular flexibility index (Phi) is 3.68. The first-order valence-electron chi connectivity index (χ1n) is 8.41. The molecule has 2 heterocycles. The third-order valence-corrected chi connectivity index (χ3v) is 4.74. The number of hydrogen-bond acceptors (Lipinski definition) is 4. The lowest BCUT2D eigenvalue weighted by Crippen LogP contribution is -2.39. The van der Waals surface area contributed by atoms with Crippen LogP contribution in [0.4, 0.5) is 5.69 Å². The van der Waals surface area contributed by atoms with E-state index in [-0.39, 0.29) is 35.5 Å². The summed E-state index contributed by atoms with van der Waals surface area (Å²) in [5, 5.41) is 11.2. The molecule has 0 saturated carbocycles. The molecule has 2 aliphatic heterocycles. The van der Waals surface area contributed by atoms with Gasteiger partial charge in [-0.15, -0.1) is 0 Å². The van der Waals surface area contributed by atoms with Crippen molar-refractivity contribution in [2.75, 3.05) is 11.4 Å². The number of Topliss-reactive ketones (excluding diaryl/α,β-unsaturated/α-hetero) is 1. The number of aliphatic imine (C=N–C) groups is 1. The molecule has 1 aromatic carbocycles. The van der Waals surface area contributed by atoms with Gasteiger partial charge in [0.15, 0.2) is 5.78 Å². The molecule has 2 N–H and O–H groups in total. The van der Waals surface area contributed by atoms with Crippen molar-refractivity contribution in [2.24, 2.45) is 10.9 Å². The second kappa shape index (κ2) is 5.91. The van der Waals surface area contributed by atoms with Gasteiger partial charge in [0.2, 0.25) is 5.91 Å². The lowest BCUT2D eigenvalue weighted by Gasteiger charge is -2.23. The molecule has 1 atom stereocenters. The van der Waals surface area contributed by atoms with Gasteiger partial charge in [-0.1, -0.05) is 30.4 Å². The smallest absolute Gasteiger partial charge is 0.238 e. The molecule has 1 unspecified atom stereocenters. The molecule has 1 aliphatic carbocycles. The topological polar surface area (TPSA) is 85.6 Å². The maximum absolute atomic E-state index is 12.6. The monoisotopic (exact) mass is 346 g/mol. The quantitative estimate of drug-likeness (QED) is 0.765. The van der Waals surface area contributed by atoms with Gasteiger partial charge in [0.05, 0.1) is 18.2 Å². The molecule has 3 aliphatic rings. The zero-order chi connectivity index (χ0) is 18.4. The fourth-order valence-electron chi connectivity index (χ4n) is 3.36. The summed E-state index contributed by atoms with van der Waals surface area (Å²) in [6.07, 6.45) is 7.13. The van der Waals surface area contributed by atoms with Gasteiger partial charge in [0.1, 0.15) is 17.2 Å². The Labute approximate surface area is 151 Å². The van der Waals surface area contributed by atoms with Gasteiger partial charge in [-0.25, -0.2) is 4.99 Å². The normalized spacial score (nSPS) is 24.7. The van der Waals surface area contributed by atoms with Crippen LogP contribution >= 0.6 is 0 Å². The molecule has 6 heteroatoms. The first kappa shape index (κ1) is 16.2. The average Bonchev–Trinajstić information content (AvgIpc) is 2.91. The minimum Gasteiger partial charge on any atom is -0.318 e. The van der Waals surface area contributed by atoms with Crippen LogP contribution in [0.1, 0.15) is 11.1 Å². The molecule has 0 bridgehead atoms. The number of fused-ring (bicyclic) bond motifs is 1. The van der Waals surface area contributed by atoms with Crippen LogP contribution in [0.25, 0.3) is 0 Å². The maximum atomic E-state index is 12.6. The van der Waals surface area contributed by atoms with Crippen molar-refractivity contribution in [1.82, 2.24) is 5.32 Å². The van der Waals surface area contributed by atoms with Crippen molar-refractivity contribution in [2.45, 2.75) is 13.8 Å². The van der Waals surface area contributed by atoms with Crippen molar-refractivity contribution < 1.29 is 9.59 Å². The lowest BCUT2D eigenvalue weighted by molar-refractivity contribution is -0.121. The summed E-state index contributed by atoms with van der Waals surface area (Å²) in [7, 11) is 0. The van der Waals surface area contributed by atoms with Crippen LogP contribution in [-0.4, -0.2) is 29.8 Å². The zero-order valence-corrected chi connectivity index (χ0v) is 14.5. The molecule has 26 heavy (non-hydrogen) atoms. The highest BCUT2D eigenvalue weighted by molar-refractivity contribution is 6.34. The lowest BCUT2D eigenvalue weighted by atomic mass is 9.95. The highest BCUT2D eigenvalue weighted by atomic mass is 16.2. The predicted molar refractivity (Wildman–Crippen MR) is 100 cm³/mol. The van der Waals surface area contributed by atoms with E-state index in [0.29, 0.717) is 5.71 Å². The largest absolute Gasteiger partial charge is 0.318 e. The van der Waals surface area contributed by atoms with Gasteiger partial charge in [-0.05, 0) is 37.1 Å². The van der Waals surface area contributed by atoms with Crippen molar-refractivity contribution in [3.05, 3.63) is 65.0 Å². The van der Waals surface area contributed by atoms with Crippen molar-refractivity contribution in [3.63, 3.8) is 0 Å². The predicted octanol–water partition coefficient (Wildman–Crippen LogP) is 2.19. The molecular formula is C20H18N4O2. The Bertz CT molecular complexity index is 982. The van der Waals surface area contributed by atoms with Crippen LogP contribution in [0.2, 0.25) is 0 Å². The van der Waals surface area contributed by atoms with E-state index in [4.69, 9.17) is 5.41 Å². The van der Waals surface area contributed by atoms with E-state index in [9.17, 15) is 9.59 Å². The highest BCUT2D eigenvalue weighted by Crippen LogP contribution is 2.29. The minimum atomic E-state index is -0.440. The summed E-state index contributed by atoms with van der Waals surface area (Å²) in [5.74, 6) is -0.653. The number of hydrogen-bond donors (Lipinski definition) is 2. The number of nitrogens with zero attached hydrogens (tertiary/aromatic N) is 2. The van der Waals surface area contributed by atoms with E-state index < -0.39 is 5.92 Å². The zero-order valence-electron chi connectivity index (χ0n) is 14.5. The molecule has 1 saturated heterocycles. The number of carbonyl (C=O) groups is 2. The highest BCUT2D eigenvalue weighted by Gasteiger charge is 2.38. The molecule has 6 nitrogen and oxygen atoms in total.